The van der Waals surface area contributed by atoms with Crippen LogP contribution in [0.5, 0.6) is 0 Å². The molecule has 2 atom stereocenters. The molecule has 2 heterocycles. The highest BCUT2D eigenvalue weighted by Crippen LogP contribution is 2.21. The third-order valence-corrected chi connectivity index (χ3v) is 7.00. The van der Waals surface area contributed by atoms with Crippen molar-refractivity contribution in [2.24, 2.45) is 0 Å². The molecule has 0 aliphatic rings. The van der Waals surface area contributed by atoms with Gasteiger partial charge in [0.1, 0.15) is 0 Å². The molecule has 0 spiro atoms. The minimum Gasteiger partial charge on any atom is -0.346 e. The van der Waals surface area contributed by atoms with Crippen LogP contribution in [-0.4, -0.2) is 59.2 Å². The van der Waals surface area contributed by atoms with Crippen molar-refractivity contribution in [2.75, 3.05) is 28.2 Å². The fourth-order valence-electron chi connectivity index (χ4n) is 3.99. The third-order valence-electron chi connectivity index (χ3n) is 7.00. The van der Waals surface area contributed by atoms with Crippen molar-refractivity contribution in [3.05, 3.63) is 71.5 Å². The molecule has 2 aromatic heterocycles. The van der Waals surface area contributed by atoms with Gasteiger partial charge < -0.3 is 18.9 Å². The summed E-state index contributed by atoms with van der Waals surface area (Å²) >= 11 is 0. The molecule has 4 nitrogen and oxygen atoms in total. The molecule has 0 amide bonds. The van der Waals surface area contributed by atoms with Gasteiger partial charge in [0.25, 0.3) is 0 Å². The first kappa shape index (κ1) is 27.7. The number of aromatic nitrogens is 2. The quantitative estimate of drug-likeness (QED) is 0.315. The maximum Gasteiger partial charge on any atom is 0.0483 e. The van der Waals surface area contributed by atoms with E-state index in [0.717, 1.165) is 13.1 Å². The van der Waals surface area contributed by atoms with E-state index in [2.05, 4.69) is 137 Å². The Morgan fingerprint density at radius 2 is 1.12 bits per heavy atom. The number of hydrogen-bond acceptors (Lipinski definition) is 2. The van der Waals surface area contributed by atoms with E-state index in [1.807, 2.05) is 0 Å². The van der Waals surface area contributed by atoms with E-state index in [-0.39, 0.29) is 7.43 Å². The van der Waals surface area contributed by atoms with Crippen molar-refractivity contribution < 1.29 is 0 Å². The monoisotopic (exact) mass is 462 g/mol. The van der Waals surface area contributed by atoms with Crippen LogP contribution in [-0.2, 0) is 13.1 Å². The van der Waals surface area contributed by atoms with Crippen LogP contribution in [0, 0.1) is 20.8 Å². The van der Waals surface area contributed by atoms with E-state index in [4.69, 9.17) is 0 Å². The van der Waals surface area contributed by atoms with Gasteiger partial charge in [-0.3, -0.25) is 0 Å². The summed E-state index contributed by atoms with van der Waals surface area (Å²) in [5.41, 5.74) is 6.75. The second kappa shape index (κ2) is 11.7. The zero-order valence-corrected chi connectivity index (χ0v) is 22.1. The molecule has 34 heavy (non-hydrogen) atoms. The average Bonchev–Trinajstić information content (AvgIpc) is 3.32. The highest BCUT2D eigenvalue weighted by molar-refractivity contribution is 5.82. The van der Waals surface area contributed by atoms with Gasteiger partial charge in [0.2, 0.25) is 0 Å². The van der Waals surface area contributed by atoms with Crippen LogP contribution in [0.3, 0.4) is 0 Å². The number of benzene rings is 2. The summed E-state index contributed by atoms with van der Waals surface area (Å²) in [7, 11) is 8.51. The number of rotatable bonds is 6. The molecule has 0 unspecified atom stereocenters. The Labute approximate surface area is 207 Å². The van der Waals surface area contributed by atoms with Crippen molar-refractivity contribution in [2.45, 2.75) is 67.2 Å². The van der Waals surface area contributed by atoms with Gasteiger partial charge in [-0.15, -0.1) is 0 Å². The number of fused-ring (bicyclic) bond motifs is 2. The van der Waals surface area contributed by atoms with E-state index in [1.165, 1.54) is 38.5 Å². The van der Waals surface area contributed by atoms with E-state index < -0.39 is 0 Å². The molecule has 4 heteroatoms. The maximum absolute atomic E-state index is 2.35. The highest BCUT2D eigenvalue weighted by atomic mass is 15.1. The van der Waals surface area contributed by atoms with Gasteiger partial charge in [0.15, 0.2) is 0 Å². The van der Waals surface area contributed by atoms with Crippen LogP contribution in [0.2, 0.25) is 0 Å². The van der Waals surface area contributed by atoms with Gasteiger partial charge in [-0.2, -0.15) is 0 Å². The topological polar surface area (TPSA) is 16.3 Å². The SMILES string of the molecule is C.Cc1cc2ccn(C[C@H](C)N(C)C)c2cc1C.Cc1ccc2c(ccn2C[C@H](C)N(C)C)c1. The summed E-state index contributed by atoms with van der Waals surface area (Å²) in [5, 5.41) is 2.69. The Morgan fingerprint density at radius 3 is 1.65 bits per heavy atom. The lowest BCUT2D eigenvalue weighted by molar-refractivity contribution is 0.286. The summed E-state index contributed by atoms with van der Waals surface area (Å²) in [4.78, 5) is 4.51. The summed E-state index contributed by atoms with van der Waals surface area (Å²) < 4.78 is 4.69. The smallest absolute Gasteiger partial charge is 0.0483 e. The van der Waals surface area contributed by atoms with Crippen molar-refractivity contribution in [1.29, 1.82) is 0 Å². The second-order valence-corrected chi connectivity index (χ2v) is 10.1. The highest BCUT2D eigenvalue weighted by Gasteiger charge is 2.09. The van der Waals surface area contributed by atoms with E-state index in [9.17, 15) is 0 Å². The van der Waals surface area contributed by atoms with Crippen LogP contribution < -0.4 is 0 Å². The van der Waals surface area contributed by atoms with Gasteiger partial charge in [-0.25, -0.2) is 0 Å². The Hall–Kier alpha value is -2.56. The summed E-state index contributed by atoms with van der Waals surface area (Å²) in [6, 6.07) is 16.7. The first-order valence-electron chi connectivity index (χ1n) is 12.0. The number of nitrogens with zero attached hydrogens (tertiary/aromatic N) is 4. The first-order chi connectivity index (χ1) is 15.6. The van der Waals surface area contributed by atoms with Crippen molar-refractivity contribution in [1.82, 2.24) is 18.9 Å². The molecule has 0 fully saturated rings. The Kier molecular flexibility index (Phi) is 9.54. The molecule has 2 aromatic carbocycles. The molecule has 0 saturated heterocycles. The summed E-state index contributed by atoms with van der Waals surface area (Å²) in [6.45, 7) is 13.1. The van der Waals surface area contributed by atoms with E-state index >= 15 is 0 Å². The van der Waals surface area contributed by atoms with Crippen molar-refractivity contribution >= 4 is 21.8 Å². The summed E-state index contributed by atoms with van der Waals surface area (Å²) in [5.74, 6) is 0. The fraction of sp³-hybridized carbons (Fsp3) is 0.467. The lowest BCUT2D eigenvalue weighted by Crippen LogP contribution is -2.28. The minimum absolute atomic E-state index is 0. The number of likely N-dealkylation sites (N-methyl/N-ethyl adjacent to an activating group) is 2. The van der Waals surface area contributed by atoms with Crippen LogP contribution >= 0.6 is 0 Å². The second-order valence-electron chi connectivity index (χ2n) is 10.1. The molecule has 4 aromatic rings. The average molecular weight is 463 g/mol. The van der Waals surface area contributed by atoms with E-state index in [0.29, 0.717) is 12.1 Å². The molecule has 186 valence electrons. The largest absolute Gasteiger partial charge is 0.346 e. The molecule has 0 radical (unpaired) electrons. The van der Waals surface area contributed by atoms with Crippen molar-refractivity contribution in [3.63, 3.8) is 0 Å². The molecule has 0 bridgehead atoms. The van der Waals surface area contributed by atoms with Gasteiger partial charge >= 0.3 is 0 Å². The Balaban J connectivity index is 0.000000234. The molecular formula is C30H46N4. The van der Waals surface area contributed by atoms with Gasteiger partial charge in [-0.05, 0) is 121 Å². The molecule has 0 aliphatic carbocycles. The molecule has 0 aliphatic heterocycles. The maximum atomic E-state index is 2.35. The lowest BCUT2D eigenvalue weighted by Gasteiger charge is -2.21. The summed E-state index contributed by atoms with van der Waals surface area (Å²) in [6.07, 6.45) is 4.38. The third kappa shape index (κ3) is 6.52. The standard InChI is InChI=1S/C15H22N2.C14H20N2.CH4/c1-11-8-14-6-7-17(10-13(3)16(4)5)15(14)9-12(11)2;1-11-5-6-14-13(9-11)7-8-16(14)10-12(2)15(3)4;/h6-9,13H,10H2,1-5H3;5-9,12H,10H2,1-4H3;1H4/t13-;12-;/m00./s1. The van der Waals surface area contributed by atoms with Crippen molar-refractivity contribution in [3.8, 4) is 0 Å². The van der Waals surface area contributed by atoms with Crippen LogP contribution in [0.25, 0.3) is 21.8 Å². The first-order valence-corrected chi connectivity index (χ1v) is 12.0. The van der Waals surface area contributed by atoms with Crippen LogP contribution in [0.1, 0.15) is 38.0 Å². The predicted octanol–water partition coefficient (Wildman–Crippen LogP) is 6.74. The Morgan fingerprint density at radius 1 is 0.647 bits per heavy atom. The molecule has 0 N–H and O–H groups in total. The molecule has 4 rings (SSSR count). The number of hydrogen-bond donors (Lipinski definition) is 0. The van der Waals surface area contributed by atoms with Gasteiger partial charge in [0, 0.05) is 48.6 Å². The lowest BCUT2D eigenvalue weighted by atomic mass is 10.1. The minimum atomic E-state index is 0. The number of aryl methyl sites for hydroxylation is 3. The van der Waals surface area contributed by atoms with Crippen LogP contribution in [0.4, 0.5) is 0 Å². The van der Waals surface area contributed by atoms with E-state index in [1.54, 1.807) is 0 Å². The van der Waals surface area contributed by atoms with Crippen LogP contribution in [0.15, 0.2) is 54.9 Å². The zero-order valence-electron chi connectivity index (χ0n) is 22.1. The fourth-order valence-corrected chi connectivity index (χ4v) is 3.99. The molecule has 0 saturated carbocycles. The normalized spacial score (nSPS) is 13.1. The zero-order chi connectivity index (χ0) is 24.3. The van der Waals surface area contributed by atoms with Gasteiger partial charge in [-0.1, -0.05) is 19.1 Å². The predicted molar refractivity (Wildman–Crippen MR) is 151 cm³/mol. The Bertz CT molecular complexity index is 1200. The molecular weight excluding hydrogens is 416 g/mol. The van der Waals surface area contributed by atoms with Gasteiger partial charge in [0.05, 0.1) is 0 Å².